The maximum absolute atomic E-state index is 12.2. The lowest BCUT2D eigenvalue weighted by Gasteiger charge is -2.10. The van der Waals surface area contributed by atoms with E-state index in [1.54, 1.807) is 0 Å². The molecule has 4 aromatic rings. The molecule has 2 aliphatic heterocycles. The fourth-order valence-electron chi connectivity index (χ4n) is 5.44. The molecule has 3 atom stereocenters. The Bertz CT molecular complexity index is 1380. The SMILES string of the molecule is O=C(Cc1cccc2ccccc12)[C@@H]1CCCN1.O=C(Cc1cccc2ccccc12)[C@@H]1C[C@@H](O)CN1. The molecular formula is C32H34N2O3. The van der Waals surface area contributed by atoms with Crippen molar-refractivity contribution in [2.24, 2.45) is 0 Å². The minimum atomic E-state index is -0.388. The van der Waals surface area contributed by atoms with Crippen molar-refractivity contribution in [3.63, 3.8) is 0 Å². The Kier molecular flexibility index (Phi) is 8.05. The molecule has 6 rings (SSSR count). The van der Waals surface area contributed by atoms with Crippen LogP contribution in [0.2, 0.25) is 0 Å². The fourth-order valence-corrected chi connectivity index (χ4v) is 5.44. The van der Waals surface area contributed by atoms with E-state index < -0.39 is 0 Å². The predicted octanol–water partition coefficient (Wildman–Crippen LogP) is 4.38. The number of aliphatic hydroxyl groups is 1. The number of carbonyl (C=O) groups is 2. The first-order valence-corrected chi connectivity index (χ1v) is 13.2. The zero-order valence-electron chi connectivity index (χ0n) is 21.0. The number of carbonyl (C=O) groups excluding carboxylic acids is 2. The summed E-state index contributed by atoms with van der Waals surface area (Å²) in [4.78, 5) is 24.4. The number of Topliss-reactive ketones (excluding diaryl/α,β-unsaturated/α-hetero) is 2. The number of fused-ring (bicyclic) bond motifs is 2. The Hall–Kier alpha value is -3.38. The molecule has 0 saturated carbocycles. The van der Waals surface area contributed by atoms with Crippen LogP contribution >= 0.6 is 0 Å². The molecule has 2 aliphatic rings. The van der Waals surface area contributed by atoms with Crippen molar-refractivity contribution in [1.29, 1.82) is 0 Å². The number of nitrogens with one attached hydrogen (secondary N) is 2. The van der Waals surface area contributed by atoms with Crippen molar-refractivity contribution in [2.45, 2.75) is 50.3 Å². The predicted molar refractivity (Wildman–Crippen MR) is 149 cm³/mol. The molecule has 0 radical (unpaired) electrons. The zero-order chi connectivity index (χ0) is 25.6. The molecule has 0 unspecified atom stereocenters. The molecule has 5 nitrogen and oxygen atoms in total. The van der Waals surface area contributed by atoms with E-state index in [-0.39, 0.29) is 24.0 Å². The van der Waals surface area contributed by atoms with Gasteiger partial charge < -0.3 is 15.7 Å². The summed E-state index contributed by atoms with van der Waals surface area (Å²) in [5.41, 5.74) is 2.21. The summed E-state index contributed by atoms with van der Waals surface area (Å²) in [6.45, 7) is 1.50. The van der Waals surface area contributed by atoms with E-state index >= 15 is 0 Å². The lowest BCUT2D eigenvalue weighted by atomic mass is 9.97. The van der Waals surface area contributed by atoms with E-state index in [1.807, 2.05) is 42.5 Å². The zero-order valence-corrected chi connectivity index (χ0v) is 21.0. The van der Waals surface area contributed by atoms with E-state index in [9.17, 15) is 14.7 Å². The van der Waals surface area contributed by atoms with Gasteiger partial charge in [-0.25, -0.2) is 0 Å². The van der Waals surface area contributed by atoms with Crippen LogP contribution in [0.1, 0.15) is 30.4 Å². The third kappa shape index (κ3) is 6.13. The quantitative estimate of drug-likeness (QED) is 0.371. The summed E-state index contributed by atoms with van der Waals surface area (Å²) in [7, 11) is 0. The molecule has 2 heterocycles. The molecular weight excluding hydrogens is 460 g/mol. The molecule has 0 amide bonds. The minimum Gasteiger partial charge on any atom is -0.392 e. The molecule has 37 heavy (non-hydrogen) atoms. The molecule has 0 spiro atoms. The van der Waals surface area contributed by atoms with Crippen molar-refractivity contribution in [2.75, 3.05) is 13.1 Å². The highest BCUT2D eigenvalue weighted by Crippen LogP contribution is 2.21. The lowest BCUT2D eigenvalue weighted by Crippen LogP contribution is -2.31. The van der Waals surface area contributed by atoms with Crippen LogP contribution < -0.4 is 10.6 Å². The van der Waals surface area contributed by atoms with Crippen molar-refractivity contribution >= 4 is 33.1 Å². The highest BCUT2D eigenvalue weighted by Gasteiger charge is 2.28. The van der Waals surface area contributed by atoms with Crippen molar-refractivity contribution in [1.82, 2.24) is 10.6 Å². The molecule has 5 heteroatoms. The second-order valence-corrected chi connectivity index (χ2v) is 10.1. The Balaban J connectivity index is 0.000000152. The van der Waals surface area contributed by atoms with Gasteiger partial charge in [-0.15, -0.1) is 0 Å². The maximum Gasteiger partial charge on any atom is 0.154 e. The van der Waals surface area contributed by atoms with Crippen LogP contribution in [0.25, 0.3) is 21.5 Å². The highest BCUT2D eigenvalue weighted by molar-refractivity contribution is 5.94. The van der Waals surface area contributed by atoms with Gasteiger partial charge in [-0.05, 0) is 58.5 Å². The number of β-amino-alcohol motifs (C(OH)–C–C–N with tert-alkyl or cyclic N) is 1. The molecule has 190 valence electrons. The molecule has 2 fully saturated rings. The lowest BCUT2D eigenvalue weighted by molar-refractivity contribution is -0.120. The van der Waals surface area contributed by atoms with E-state index in [1.165, 1.54) is 10.8 Å². The monoisotopic (exact) mass is 494 g/mol. The third-order valence-corrected chi connectivity index (χ3v) is 7.43. The van der Waals surface area contributed by atoms with Gasteiger partial charge in [-0.2, -0.15) is 0 Å². The number of benzene rings is 4. The van der Waals surface area contributed by atoms with Crippen LogP contribution in [0, 0.1) is 0 Å². The van der Waals surface area contributed by atoms with Crippen LogP contribution in [0.4, 0.5) is 0 Å². The van der Waals surface area contributed by atoms with Crippen molar-refractivity contribution in [3.8, 4) is 0 Å². The first-order valence-electron chi connectivity index (χ1n) is 13.2. The summed E-state index contributed by atoms with van der Waals surface area (Å²) in [5, 5.41) is 20.5. The average Bonchev–Trinajstić information content (AvgIpc) is 3.62. The number of ketones is 2. The van der Waals surface area contributed by atoms with Gasteiger partial charge in [0.25, 0.3) is 0 Å². The summed E-state index contributed by atoms with van der Waals surface area (Å²) < 4.78 is 0. The Morgan fingerprint density at radius 2 is 1.24 bits per heavy atom. The molecule has 3 N–H and O–H groups in total. The number of aliphatic hydroxyl groups excluding tert-OH is 1. The van der Waals surface area contributed by atoms with Crippen LogP contribution in [0.3, 0.4) is 0 Å². The first-order chi connectivity index (χ1) is 18.1. The van der Waals surface area contributed by atoms with E-state index in [2.05, 4.69) is 53.1 Å². The second kappa shape index (κ2) is 11.8. The van der Waals surface area contributed by atoms with Crippen LogP contribution in [0.15, 0.2) is 84.9 Å². The minimum absolute atomic E-state index is 0.0731. The van der Waals surface area contributed by atoms with Gasteiger partial charge in [-0.3, -0.25) is 9.59 Å². The number of hydrogen-bond acceptors (Lipinski definition) is 5. The Labute approximate surface area is 217 Å². The maximum atomic E-state index is 12.2. The van der Waals surface area contributed by atoms with E-state index in [0.29, 0.717) is 31.6 Å². The van der Waals surface area contributed by atoms with Gasteiger partial charge >= 0.3 is 0 Å². The number of hydrogen-bond donors (Lipinski definition) is 3. The highest BCUT2D eigenvalue weighted by atomic mass is 16.3. The molecule has 0 bridgehead atoms. The fraction of sp³-hybridized carbons (Fsp3) is 0.312. The third-order valence-electron chi connectivity index (χ3n) is 7.43. The van der Waals surface area contributed by atoms with Crippen LogP contribution in [-0.2, 0) is 22.4 Å². The van der Waals surface area contributed by atoms with Gasteiger partial charge in [0.2, 0.25) is 0 Å². The van der Waals surface area contributed by atoms with Crippen molar-refractivity contribution in [3.05, 3.63) is 96.1 Å². The van der Waals surface area contributed by atoms with E-state index in [4.69, 9.17) is 0 Å². The topological polar surface area (TPSA) is 78.4 Å². The van der Waals surface area contributed by atoms with E-state index in [0.717, 1.165) is 41.3 Å². The summed E-state index contributed by atoms with van der Waals surface area (Å²) in [6.07, 6.45) is 3.21. The number of rotatable bonds is 6. The van der Waals surface area contributed by atoms with Gasteiger partial charge in [0.1, 0.15) is 0 Å². The normalized spacial score (nSPS) is 21.1. The largest absolute Gasteiger partial charge is 0.392 e. The molecule has 0 aromatic heterocycles. The average molecular weight is 495 g/mol. The van der Waals surface area contributed by atoms with Gasteiger partial charge in [0.15, 0.2) is 11.6 Å². The Morgan fingerprint density at radius 3 is 1.76 bits per heavy atom. The first kappa shape index (κ1) is 25.3. The smallest absolute Gasteiger partial charge is 0.154 e. The summed E-state index contributed by atoms with van der Waals surface area (Å²) in [5.74, 6) is 0.483. The van der Waals surface area contributed by atoms with Gasteiger partial charge in [0, 0.05) is 19.4 Å². The summed E-state index contributed by atoms with van der Waals surface area (Å²) in [6, 6.07) is 28.5. The van der Waals surface area contributed by atoms with Gasteiger partial charge in [0.05, 0.1) is 18.2 Å². The molecule has 4 aromatic carbocycles. The van der Waals surface area contributed by atoms with Crippen LogP contribution in [-0.4, -0.2) is 48.0 Å². The van der Waals surface area contributed by atoms with Crippen molar-refractivity contribution < 1.29 is 14.7 Å². The Morgan fingerprint density at radius 1 is 0.703 bits per heavy atom. The molecule has 2 saturated heterocycles. The van der Waals surface area contributed by atoms with Crippen LogP contribution in [0.5, 0.6) is 0 Å². The van der Waals surface area contributed by atoms with Gasteiger partial charge in [-0.1, -0.05) is 84.9 Å². The summed E-state index contributed by atoms with van der Waals surface area (Å²) >= 11 is 0. The standard InChI is InChI=1S/C16H17NO2.C16H17NO/c18-13-9-15(17-10-13)16(19)8-12-6-3-5-11-4-1-2-7-14(11)12;18-16(15-9-4-10-17-15)11-13-7-3-6-12-5-1-2-8-14(12)13/h1-7,13,15,17-18H,8-10H2;1-3,5-8,15,17H,4,9-11H2/t13-,15+;15-/m10/s1. The molecule has 0 aliphatic carbocycles. The second-order valence-electron chi connectivity index (χ2n) is 10.1.